The lowest BCUT2D eigenvalue weighted by Gasteiger charge is -2.15. The van der Waals surface area contributed by atoms with Crippen LogP contribution in [-0.4, -0.2) is 46.4 Å². The Hall–Kier alpha value is -4.83. The Labute approximate surface area is 206 Å². The standard InChI is InChI=1S/C26H23N7O3/c1-35-15-16-11-12-33-21(13-16)19(14-29-33)23(27)36-26(28)32-24-25(34)30-20-10-6-5-9-18(20)22(31-24)17-7-3-2-4-8-17/h2-14,24,27H,15H2,1H3,(H2,28,32)(H,30,34)/t24-/m1/s1. The first kappa shape index (κ1) is 22.9. The zero-order chi connectivity index (χ0) is 25.1. The van der Waals surface area contributed by atoms with Gasteiger partial charge in [-0.05, 0) is 23.8 Å². The fourth-order valence-electron chi connectivity index (χ4n) is 3.95. The SMILES string of the molecule is COCc1ccn2ncc(C(=N)OC(=N)N[C@H]3N=C(c4ccccc4)c4ccccc4NC3=O)c2c1. The summed E-state index contributed by atoms with van der Waals surface area (Å²) in [5, 5.41) is 26.5. The minimum Gasteiger partial charge on any atom is -0.407 e. The number of hydrogen-bond donors (Lipinski definition) is 4. The van der Waals surface area contributed by atoms with E-state index in [2.05, 4.69) is 20.7 Å². The number of pyridine rings is 1. The summed E-state index contributed by atoms with van der Waals surface area (Å²) in [5.41, 5.74) is 4.74. The summed E-state index contributed by atoms with van der Waals surface area (Å²) in [7, 11) is 1.60. The first-order chi connectivity index (χ1) is 17.5. The molecule has 10 nitrogen and oxygen atoms in total. The largest absolute Gasteiger partial charge is 0.407 e. The highest BCUT2D eigenvalue weighted by atomic mass is 16.5. The molecule has 1 aliphatic heterocycles. The molecular formula is C26H23N7O3. The van der Waals surface area contributed by atoms with Crippen molar-refractivity contribution in [2.75, 3.05) is 12.4 Å². The Morgan fingerprint density at radius 3 is 2.69 bits per heavy atom. The number of para-hydroxylation sites is 1. The first-order valence-corrected chi connectivity index (χ1v) is 11.1. The summed E-state index contributed by atoms with van der Waals surface area (Å²) in [6.07, 6.45) is 2.10. The van der Waals surface area contributed by atoms with Gasteiger partial charge in [0.25, 0.3) is 11.9 Å². The number of nitrogens with zero attached hydrogens (tertiary/aromatic N) is 3. The van der Waals surface area contributed by atoms with Gasteiger partial charge in [0.05, 0.1) is 35.3 Å². The monoisotopic (exact) mass is 481 g/mol. The molecule has 2 aromatic heterocycles. The van der Waals surface area contributed by atoms with Gasteiger partial charge in [-0.3, -0.25) is 15.6 Å². The molecule has 0 unspecified atom stereocenters. The van der Waals surface area contributed by atoms with E-state index < -0.39 is 18.1 Å². The average Bonchev–Trinajstić information content (AvgIpc) is 3.25. The van der Waals surface area contributed by atoms with Crippen molar-refractivity contribution in [1.82, 2.24) is 14.9 Å². The normalized spacial score (nSPS) is 14.9. The van der Waals surface area contributed by atoms with Crippen LogP contribution in [0.1, 0.15) is 22.3 Å². The van der Waals surface area contributed by atoms with Crippen molar-refractivity contribution in [3.63, 3.8) is 0 Å². The summed E-state index contributed by atoms with van der Waals surface area (Å²) in [4.78, 5) is 17.6. The van der Waals surface area contributed by atoms with Crippen molar-refractivity contribution in [3.05, 3.63) is 101 Å². The average molecular weight is 482 g/mol. The Balaban J connectivity index is 1.38. The van der Waals surface area contributed by atoms with Crippen LogP contribution in [0.3, 0.4) is 0 Å². The quantitative estimate of drug-likeness (QED) is 0.256. The number of carbonyl (C=O) groups excluding carboxylic acids is 1. The lowest BCUT2D eigenvalue weighted by atomic mass is 10.0. The second-order valence-corrected chi connectivity index (χ2v) is 8.04. The van der Waals surface area contributed by atoms with Crippen molar-refractivity contribution in [3.8, 4) is 0 Å². The minimum atomic E-state index is -1.15. The summed E-state index contributed by atoms with van der Waals surface area (Å²) < 4.78 is 12.2. The van der Waals surface area contributed by atoms with Crippen LogP contribution in [0.25, 0.3) is 5.52 Å². The fraction of sp³-hybridized carbons (Fsp3) is 0.115. The number of aliphatic imine (C=N–C) groups is 1. The molecule has 0 aliphatic carbocycles. The Morgan fingerprint density at radius 1 is 1.11 bits per heavy atom. The topological polar surface area (TPSA) is 137 Å². The van der Waals surface area contributed by atoms with Crippen molar-refractivity contribution in [2.45, 2.75) is 12.8 Å². The smallest absolute Gasteiger partial charge is 0.290 e. The highest BCUT2D eigenvalue weighted by Crippen LogP contribution is 2.23. The summed E-state index contributed by atoms with van der Waals surface area (Å²) in [5.74, 6) is -0.741. The number of rotatable bonds is 5. The van der Waals surface area contributed by atoms with E-state index in [1.165, 1.54) is 6.20 Å². The van der Waals surface area contributed by atoms with E-state index in [9.17, 15) is 4.79 Å². The molecule has 0 saturated heterocycles. The molecule has 0 spiro atoms. The second-order valence-electron chi connectivity index (χ2n) is 8.04. The third kappa shape index (κ3) is 4.57. The number of ether oxygens (including phenoxy) is 2. The van der Waals surface area contributed by atoms with Gasteiger partial charge in [-0.25, -0.2) is 9.51 Å². The van der Waals surface area contributed by atoms with E-state index in [0.717, 1.165) is 16.7 Å². The zero-order valence-corrected chi connectivity index (χ0v) is 19.4. The van der Waals surface area contributed by atoms with Gasteiger partial charge in [0.15, 0.2) is 0 Å². The number of methoxy groups -OCH3 is 1. The molecule has 4 N–H and O–H groups in total. The third-order valence-corrected chi connectivity index (χ3v) is 5.61. The van der Waals surface area contributed by atoms with E-state index in [4.69, 9.17) is 20.3 Å². The van der Waals surface area contributed by atoms with E-state index >= 15 is 0 Å². The second kappa shape index (κ2) is 9.80. The maximum absolute atomic E-state index is 13.0. The van der Waals surface area contributed by atoms with Crippen LogP contribution in [0.15, 0.2) is 84.1 Å². The van der Waals surface area contributed by atoms with Crippen LogP contribution >= 0.6 is 0 Å². The molecule has 10 heteroatoms. The predicted molar refractivity (Wildman–Crippen MR) is 136 cm³/mol. The summed E-state index contributed by atoms with van der Waals surface area (Å²) in [6, 6.07) is 20.1. The molecule has 2 aromatic carbocycles. The maximum atomic E-state index is 13.0. The van der Waals surface area contributed by atoms with E-state index in [1.54, 1.807) is 23.9 Å². The molecule has 0 radical (unpaired) electrons. The molecule has 5 rings (SSSR count). The van der Waals surface area contributed by atoms with Crippen molar-refractivity contribution in [2.24, 2.45) is 4.99 Å². The van der Waals surface area contributed by atoms with Gasteiger partial charge in [-0.2, -0.15) is 5.10 Å². The van der Waals surface area contributed by atoms with Crippen LogP contribution in [0, 0.1) is 10.8 Å². The Morgan fingerprint density at radius 2 is 1.89 bits per heavy atom. The summed E-state index contributed by atoms with van der Waals surface area (Å²) in [6.45, 7) is 0.410. The van der Waals surface area contributed by atoms with E-state index in [1.807, 2.05) is 60.7 Å². The van der Waals surface area contributed by atoms with Crippen molar-refractivity contribution < 1.29 is 14.3 Å². The predicted octanol–water partition coefficient (Wildman–Crippen LogP) is 3.16. The van der Waals surface area contributed by atoms with Gasteiger partial charge < -0.3 is 20.1 Å². The minimum absolute atomic E-state index is 0.290. The van der Waals surface area contributed by atoms with Crippen LogP contribution in [-0.2, 0) is 20.9 Å². The lowest BCUT2D eigenvalue weighted by molar-refractivity contribution is -0.117. The molecule has 0 fully saturated rings. The number of anilines is 1. The van der Waals surface area contributed by atoms with Crippen LogP contribution in [0.4, 0.5) is 5.69 Å². The van der Waals surface area contributed by atoms with E-state index in [0.29, 0.717) is 29.1 Å². The van der Waals surface area contributed by atoms with Crippen molar-refractivity contribution >= 4 is 34.7 Å². The number of amides is 1. The van der Waals surface area contributed by atoms with Crippen LogP contribution < -0.4 is 10.6 Å². The molecule has 180 valence electrons. The highest BCUT2D eigenvalue weighted by molar-refractivity contribution is 6.19. The molecule has 1 aliphatic rings. The highest BCUT2D eigenvalue weighted by Gasteiger charge is 2.27. The van der Waals surface area contributed by atoms with Gasteiger partial charge >= 0.3 is 0 Å². The van der Waals surface area contributed by atoms with Crippen LogP contribution in [0.2, 0.25) is 0 Å². The van der Waals surface area contributed by atoms with Crippen molar-refractivity contribution in [1.29, 1.82) is 10.8 Å². The molecule has 0 saturated carbocycles. The Kier molecular flexibility index (Phi) is 6.25. The zero-order valence-electron chi connectivity index (χ0n) is 19.4. The molecule has 36 heavy (non-hydrogen) atoms. The van der Waals surface area contributed by atoms with Crippen LogP contribution in [0.5, 0.6) is 0 Å². The first-order valence-electron chi connectivity index (χ1n) is 11.1. The third-order valence-electron chi connectivity index (χ3n) is 5.61. The van der Waals surface area contributed by atoms with Gasteiger partial charge in [0, 0.05) is 24.4 Å². The van der Waals surface area contributed by atoms with Gasteiger partial charge in [0.2, 0.25) is 12.1 Å². The fourth-order valence-corrected chi connectivity index (χ4v) is 3.95. The number of hydrogen-bond acceptors (Lipinski definition) is 7. The van der Waals surface area contributed by atoms with E-state index in [-0.39, 0.29) is 5.90 Å². The maximum Gasteiger partial charge on any atom is 0.290 e. The lowest BCUT2D eigenvalue weighted by Crippen LogP contribution is -2.43. The number of amidine groups is 1. The number of fused-ring (bicyclic) bond motifs is 2. The Bertz CT molecular complexity index is 1490. The number of benzene rings is 2. The number of aromatic nitrogens is 2. The number of carbonyl (C=O) groups is 1. The number of benzodiazepines with no additional fused rings is 1. The van der Waals surface area contributed by atoms with Gasteiger partial charge in [0.1, 0.15) is 0 Å². The summed E-state index contributed by atoms with van der Waals surface area (Å²) >= 11 is 0. The number of nitrogens with one attached hydrogen (secondary N) is 4. The van der Waals surface area contributed by atoms with Gasteiger partial charge in [-0.1, -0.05) is 48.5 Å². The molecule has 1 atom stereocenters. The van der Waals surface area contributed by atoms with Gasteiger partial charge in [-0.15, -0.1) is 0 Å². The molecule has 1 amide bonds. The molecule has 4 aromatic rings. The molecule has 0 bridgehead atoms. The molecular weight excluding hydrogens is 458 g/mol. The molecule has 3 heterocycles.